The molecule has 3 heterocycles. The largest absolute Gasteiger partial charge is 0.511 e. The lowest BCUT2D eigenvalue weighted by atomic mass is 9.92. The summed E-state index contributed by atoms with van der Waals surface area (Å²) < 4.78 is 61.2. The Bertz CT molecular complexity index is 1010. The minimum Gasteiger partial charge on any atom is -0.389 e. The molecule has 0 saturated carbocycles. The summed E-state index contributed by atoms with van der Waals surface area (Å²) in [6.07, 6.45) is 0.738. The average Bonchev–Trinajstić information content (AvgIpc) is 3.27. The maximum absolute atomic E-state index is 12.6. The van der Waals surface area contributed by atoms with Crippen molar-refractivity contribution >= 4 is 38.5 Å². The number of hydrogen-bond donors (Lipinski definition) is 1. The van der Waals surface area contributed by atoms with Crippen LogP contribution in [0.2, 0.25) is 0 Å². The molecule has 13 heteroatoms. The van der Waals surface area contributed by atoms with Gasteiger partial charge in [-0.05, 0) is 25.7 Å². The zero-order valence-corrected chi connectivity index (χ0v) is 18.4. The van der Waals surface area contributed by atoms with Gasteiger partial charge in [0, 0.05) is 24.9 Å². The van der Waals surface area contributed by atoms with E-state index in [0.717, 1.165) is 10.6 Å². The highest BCUT2D eigenvalue weighted by Crippen LogP contribution is 2.33. The summed E-state index contributed by atoms with van der Waals surface area (Å²) in [5.74, 6) is -0.224. The van der Waals surface area contributed by atoms with Crippen molar-refractivity contribution in [2.24, 2.45) is 5.92 Å². The minimum atomic E-state index is -5.31. The molecule has 0 bridgehead atoms. The molecule has 0 aromatic carbocycles. The minimum absolute atomic E-state index is 0.0786. The number of rotatable bonds is 7. The second kappa shape index (κ2) is 8.99. The van der Waals surface area contributed by atoms with Crippen molar-refractivity contribution in [1.29, 1.82) is 0 Å². The number of halogens is 3. The summed E-state index contributed by atoms with van der Waals surface area (Å²) in [6.45, 7) is 1.20. The number of hydrogen-bond acceptors (Lipinski definition) is 8. The van der Waals surface area contributed by atoms with Gasteiger partial charge in [-0.3, -0.25) is 4.79 Å². The van der Waals surface area contributed by atoms with Gasteiger partial charge in [0.2, 0.25) is 0 Å². The molecule has 0 aliphatic carbocycles. The highest BCUT2D eigenvalue weighted by atomic mass is 32.2. The number of carbonyl (C=O) groups excluding carboxylic acids is 1. The Balaban J connectivity index is 1.54. The van der Waals surface area contributed by atoms with Crippen molar-refractivity contribution in [3.05, 3.63) is 21.1 Å². The molecule has 1 aliphatic rings. The van der Waals surface area contributed by atoms with Crippen LogP contribution in [0.5, 0.6) is 0 Å². The van der Waals surface area contributed by atoms with E-state index in [2.05, 4.69) is 9.97 Å². The van der Waals surface area contributed by atoms with Crippen LogP contribution in [-0.2, 0) is 27.8 Å². The van der Waals surface area contributed by atoms with Crippen LogP contribution in [-0.4, -0.2) is 52.2 Å². The van der Waals surface area contributed by atoms with E-state index in [4.69, 9.17) is 0 Å². The molecule has 0 spiro atoms. The standard InChI is InChI=1S/C17H20F3N3O4S3/c1-10-16(29-15(8-24)21-10)13-9-28-14(22-13)7-12(25)6-11-2-4-23(5-3-11)30(26,27)17(18,19)20/h9,11,24H,2-8H2,1H3. The van der Waals surface area contributed by atoms with Gasteiger partial charge in [0.15, 0.2) is 0 Å². The molecule has 2 aromatic rings. The number of aliphatic hydroxyl groups excluding tert-OH is 1. The summed E-state index contributed by atoms with van der Waals surface area (Å²) in [7, 11) is -5.31. The van der Waals surface area contributed by atoms with Gasteiger partial charge in [-0.2, -0.15) is 17.5 Å². The number of aryl methyl sites for hydroxylation is 1. The molecule has 0 unspecified atom stereocenters. The first-order valence-corrected chi connectivity index (χ1v) is 12.2. The molecular formula is C17H20F3N3O4S3. The smallest absolute Gasteiger partial charge is 0.389 e. The summed E-state index contributed by atoms with van der Waals surface area (Å²) in [5, 5.41) is 12.2. The molecule has 1 aliphatic heterocycles. The summed E-state index contributed by atoms with van der Waals surface area (Å²) in [5.41, 5.74) is -3.84. The third kappa shape index (κ3) is 5.07. The maximum Gasteiger partial charge on any atom is 0.511 e. The number of sulfonamides is 1. The fourth-order valence-electron chi connectivity index (χ4n) is 3.32. The Morgan fingerprint density at radius 1 is 1.27 bits per heavy atom. The first-order valence-electron chi connectivity index (χ1n) is 9.11. The first kappa shape index (κ1) is 23.3. The SMILES string of the molecule is Cc1nc(CO)sc1-c1csc(CC(=O)CC2CCN(S(=O)(=O)C(F)(F)F)CC2)n1. The lowest BCUT2D eigenvalue weighted by molar-refractivity contribution is -0.119. The number of alkyl halides is 3. The van der Waals surface area contributed by atoms with Crippen LogP contribution in [0.15, 0.2) is 5.38 Å². The van der Waals surface area contributed by atoms with Crippen molar-refractivity contribution in [3.63, 3.8) is 0 Å². The lowest BCUT2D eigenvalue weighted by Crippen LogP contribution is -2.45. The van der Waals surface area contributed by atoms with Crippen molar-refractivity contribution in [1.82, 2.24) is 14.3 Å². The van der Waals surface area contributed by atoms with E-state index in [-0.39, 0.29) is 57.1 Å². The number of ketones is 1. The van der Waals surface area contributed by atoms with Crippen LogP contribution in [0.4, 0.5) is 13.2 Å². The summed E-state index contributed by atoms with van der Waals surface area (Å²) in [4.78, 5) is 21.9. The van der Waals surface area contributed by atoms with Gasteiger partial charge in [0.1, 0.15) is 15.8 Å². The van der Waals surface area contributed by atoms with Crippen LogP contribution >= 0.6 is 22.7 Å². The Labute approximate surface area is 179 Å². The van der Waals surface area contributed by atoms with Gasteiger partial charge < -0.3 is 5.11 Å². The summed E-state index contributed by atoms with van der Waals surface area (Å²) >= 11 is 2.68. The van der Waals surface area contributed by atoms with Crippen molar-refractivity contribution in [2.75, 3.05) is 13.1 Å². The topological polar surface area (TPSA) is 100 Å². The third-order valence-electron chi connectivity index (χ3n) is 4.83. The maximum atomic E-state index is 12.6. The van der Waals surface area contributed by atoms with Crippen LogP contribution in [0.3, 0.4) is 0 Å². The van der Waals surface area contributed by atoms with E-state index < -0.39 is 15.5 Å². The fourth-order valence-corrected chi connectivity index (χ4v) is 6.07. The van der Waals surface area contributed by atoms with Crippen LogP contribution in [0.25, 0.3) is 10.6 Å². The van der Waals surface area contributed by atoms with Gasteiger partial charge in [-0.15, -0.1) is 22.7 Å². The van der Waals surface area contributed by atoms with Gasteiger partial charge in [-0.25, -0.2) is 18.4 Å². The molecule has 2 aromatic heterocycles. The van der Waals surface area contributed by atoms with Gasteiger partial charge >= 0.3 is 15.5 Å². The quantitative estimate of drug-likeness (QED) is 0.650. The van der Waals surface area contributed by atoms with Crippen LogP contribution in [0, 0.1) is 12.8 Å². The van der Waals surface area contributed by atoms with Crippen LogP contribution in [0.1, 0.15) is 35.0 Å². The molecule has 30 heavy (non-hydrogen) atoms. The second-order valence-corrected chi connectivity index (χ2v) is 11.0. The lowest BCUT2D eigenvalue weighted by Gasteiger charge is -2.31. The number of piperidine rings is 1. The number of carbonyl (C=O) groups is 1. The van der Waals surface area contributed by atoms with Gasteiger partial charge in [0.05, 0.1) is 29.3 Å². The van der Waals surface area contributed by atoms with E-state index in [1.54, 1.807) is 0 Å². The molecule has 1 fully saturated rings. The normalized spacial score (nSPS) is 16.8. The number of thiazole rings is 2. The van der Waals surface area contributed by atoms with Gasteiger partial charge in [0.25, 0.3) is 0 Å². The molecule has 0 amide bonds. The number of nitrogens with zero attached hydrogens (tertiary/aromatic N) is 3. The molecule has 1 N–H and O–H groups in total. The van der Waals surface area contributed by atoms with Crippen molar-refractivity contribution in [2.45, 2.75) is 44.7 Å². The first-order chi connectivity index (χ1) is 14.0. The number of Topliss-reactive ketones (excluding diaryl/α,β-unsaturated/α-hetero) is 1. The fraction of sp³-hybridized carbons (Fsp3) is 0.588. The Morgan fingerprint density at radius 2 is 1.93 bits per heavy atom. The molecule has 1 saturated heterocycles. The Hall–Kier alpha value is -1.41. The van der Waals surface area contributed by atoms with Crippen molar-refractivity contribution in [3.8, 4) is 10.6 Å². The van der Waals surface area contributed by atoms with E-state index >= 15 is 0 Å². The molecule has 0 radical (unpaired) electrons. The highest BCUT2D eigenvalue weighted by Gasteiger charge is 2.50. The monoisotopic (exact) mass is 483 g/mol. The van der Waals surface area contributed by atoms with E-state index in [1.165, 1.54) is 22.7 Å². The molecule has 7 nitrogen and oxygen atoms in total. The predicted molar refractivity (Wildman–Crippen MR) is 106 cm³/mol. The van der Waals surface area contributed by atoms with E-state index in [1.807, 2.05) is 12.3 Å². The van der Waals surface area contributed by atoms with E-state index in [9.17, 15) is 31.5 Å². The van der Waals surface area contributed by atoms with Crippen molar-refractivity contribution < 1.29 is 31.5 Å². The summed E-state index contributed by atoms with van der Waals surface area (Å²) in [6, 6.07) is 0. The number of aliphatic hydroxyl groups is 1. The zero-order valence-electron chi connectivity index (χ0n) is 16.0. The Morgan fingerprint density at radius 3 is 2.50 bits per heavy atom. The third-order valence-corrected chi connectivity index (χ3v) is 8.47. The average molecular weight is 484 g/mol. The Kier molecular flexibility index (Phi) is 6.97. The van der Waals surface area contributed by atoms with Gasteiger partial charge in [-0.1, -0.05) is 0 Å². The highest BCUT2D eigenvalue weighted by molar-refractivity contribution is 7.90. The number of aromatic nitrogens is 2. The van der Waals surface area contributed by atoms with Crippen LogP contribution < -0.4 is 0 Å². The molecule has 0 atom stereocenters. The molecular weight excluding hydrogens is 463 g/mol. The van der Waals surface area contributed by atoms with E-state index in [0.29, 0.717) is 20.0 Å². The molecule has 166 valence electrons. The molecule has 3 rings (SSSR count). The second-order valence-electron chi connectivity index (χ2n) is 7.02. The predicted octanol–water partition coefficient (Wildman–Crippen LogP) is 3.13. The zero-order chi connectivity index (χ0) is 22.1.